The van der Waals surface area contributed by atoms with Gasteiger partial charge in [-0.3, -0.25) is 9.89 Å². The Labute approximate surface area is 140 Å². The number of aromatic nitrogens is 2. The summed E-state index contributed by atoms with van der Waals surface area (Å²) in [6.45, 7) is 2.02. The van der Waals surface area contributed by atoms with Crippen LogP contribution in [-0.4, -0.2) is 16.1 Å². The van der Waals surface area contributed by atoms with Gasteiger partial charge in [-0.05, 0) is 34.5 Å². The molecule has 2 rings (SSSR count). The molecule has 0 radical (unpaired) electrons. The minimum absolute atomic E-state index is 0.147. The molecule has 112 valence electrons. The smallest absolute Gasteiger partial charge is 0.278 e. The first-order chi connectivity index (χ1) is 9.95. The molecule has 1 amide bonds. The average Bonchev–Trinajstić information content (AvgIpc) is 2.81. The minimum Gasteiger partial charge on any atom is -0.395 e. The maximum absolute atomic E-state index is 12.2. The van der Waals surface area contributed by atoms with E-state index in [0.29, 0.717) is 20.9 Å². The minimum atomic E-state index is -0.439. The quantitative estimate of drug-likeness (QED) is 0.680. The molecule has 8 heteroatoms. The van der Waals surface area contributed by atoms with Crippen LogP contribution in [0.3, 0.4) is 0 Å². The van der Waals surface area contributed by atoms with Crippen LogP contribution < -0.4 is 11.1 Å². The number of amides is 1. The van der Waals surface area contributed by atoms with Gasteiger partial charge in [0.25, 0.3) is 5.91 Å². The molecule has 0 aliphatic heterocycles. The predicted molar refractivity (Wildman–Crippen MR) is 89.1 cm³/mol. The third kappa shape index (κ3) is 3.33. The summed E-state index contributed by atoms with van der Waals surface area (Å²) in [7, 11) is 0. The van der Waals surface area contributed by atoms with Crippen LogP contribution in [0.25, 0.3) is 0 Å². The molecule has 2 aromatic rings. The topological polar surface area (TPSA) is 83.8 Å². The Morgan fingerprint density at radius 3 is 2.81 bits per heavy atom. The molecule has 0 aliphatic carbocycles. The van der Waals surface area contributed by atoms with Gasteiger partial charge in [-0.15, -0.1) is 0 Å². The molecule has 0 unspecified atom stereocenters. The van der Waals surface area contributed by atoms with Crippen LogP contribution in [0.2, 0.25) is 10.0 Å². The van der Waals surface area contributed by atoms with Gasteiger partial charge in [0, 0.05) is 4.47 Å². The second-order valence-corrected chi connectivity index (χ2v) is 6.00. The number of halogens is 3. The maximum atomic E-state index is 12.2. The number of aryl methyl sites for hydroxylation is 1. The van der Waals surface area contributed by atoms with Crippen molar-refractivity contribution in [3.8, 4) is 0 Å². The highest BCUT2D eigenvalue weighted by atomic mass is 79.9. The lowest BCUT2D eigenvalue weighted by Crippen LogP contribution is -2.14. The fourth-order valence-electron chi connectivity index (χ4n) is 1.80. The van der Waals surface area contributed by atoms with E-state index in [0.717, 1.165) is 18.5 Å². The molecule has 0 saturated heterocycles. The average molecular weight is 392 g/mol. The van der Waals surface area contributed by atoms with Crippen molar-refractivity contribution in [1.29, 1.82) is 0 Å². The number of hydrogen-bond donors (Lipinski definition) is 3. The van der Waals surface area contributed by atoms with Gasteiger partial charge in [0.15, 0.2) is 5.69 Å². The molecule has 0 atom stereocenters. The number of nitrogen functional groups attached to an aromatic ring is 1. The largest absolute Gasteiger partial charge is 0.395 e. The van der Waals surface area contributed by atoms with Crippen LogP contribution in [0.1, 0.15) is 29.5 Å². The SMILES string of the molecule is CCCc1[nH]nc(C(=O)Nc2ccc(Br)c(Cl)c2Cl)c1N. The Balaban J connectivity index is 2.24. The fraction of sp³-hybridized carbons (Fsp3) is 0.231. The van der Waals surface area contributed by atoms with E-state index < -0.39 is 5.91 Å². The van der Waals surface area contributed by atoms with E-state index in [-0.39, 0.29) is 10.7 Å². The molecule has 1 heterocycles. The number of hydrogen-bond acceptors (Lipinski definition) is 3. The number of nitrogens with one attached hydrogen (secondary N) is 2. The summed E-state index contributed by atoms with van der Waals surface area (Å²) in [4.78, 5) is 12.2. The number of carbonyl (C=O) groups is 1. The number of carbonyl (C=O) groups excluding carboxylic acids is 1. The van der Waals surface area contributed by atoms with Gasteiger partial charge in [0.05, 0.1) is 27.1 Å². The van der Waals surface area contributed by atoms with Gasteiger partial charge in [-0.25, -0.2) is 0 Å². The van der Waals surface area contributed by atoms with Crippen LogP contribution in [-0.2, 0) is 6.42 Å². The zero-order valence-corrected chi connectivity index (χ0v) is 14.2. The standard InChI is InChI=1S/C13H13BrCl2N4O/c1-2-3-8-11(17)12(20-19-8)13(21)18-7-5-4-6(14)9(15)10(7)16/h4-5H,2-3,17H2,1H3,(H,18,21)(H,19,20). The van der Waals surface area contributed by atoms with Crippen molar-refractivity contribution in [3.63, 3.8) is 0 Å². The van der Waals surface area contributed by atoms with Crippen molar-refractivity contribution in [2.24, 2.45) is 0 Å². The first-order valence-corrected chi connectivity index (χ1v) is 7.78. The van der Waals surface area contributed by atoms with Crippen molar-refractivity contribution in [2.45, 2.75) is 19.8 Å². The van der Waals surface area contributed by atoms with Crippen LogP contribution in [0.15, 0.2) is 16.6 Å². The number of benzene rings is 1. The maximum Gasteiger partial charge on any atom is 0.278 e. The summed E-state index contributed by atoms with van der Waals surface area (Å²) in [5, 5.41) is 9.96. The van der Waals surface area contributed by atoms with Gasteiger partial charge in [0.2, 0.25) is 0 Å². The van der Waals surface area contributed by atoms with Gasteiger partial charge in [-0.1, -0.05) is 36.5 Å². The predicted octanol–water partition coefficient (Wildman–Crippen LogP) is 4.27. The molecule has 0 bridgehead atoms. The number of aromatic amines is 1. The van der Waals surface area contributed by atoms with Gasteiger partial charge < -0.3 is 11.1 Å². The first kappa shape index (κ1) is 16.1. The zero-order valence-electron chi connectivity index (χ0n) is 11.1. The number of rotatable bonds is 4. The lowest BCUT2D eigenvalue weighted by Gasteiger charge is -2.08. The van der Waals surface area contributed by atoms with E-state index in [9.17, 15) is 4.79 Å². The summed E-state index contributed by atoms with van der Waals surface area (Å²) in [6.07, 6.45) is 1.64. The lowest BCUT2D eigenvalue weighted by atomic mass is 10.2. The second kappa shape index (κ2) is 6.68. The number of anilines is 2. The molecule has 1 aromatic heterocycles. The molecule has 1 aromatic carbocycles. The summed E-state index contributed by atoms with van der Waals surface area (Å²) in [6, 6.07) is 3.34. The summed E-state index contributed by atoms with van der Waals surface area (Å²) in [5.74, 6) is -0.439. The molecular formula is C13H13BrCl2N4O. The van der Waals surface area contributed by atoms with E-state index in [1.54, 1.807) is 12.1 Å². The normalized spacial score (nSPS) is 10.7. The highest BCUT2D eigenvalue weighted by Gasteiger charge is 2.18. The van der Waals surface area contributed by atoms with Crippen molar-refractivity contribution >= 4 is 56.4 Å². The van der Waals surface area contributed by atoms with Crippen LogP contribution in [0.4, 0.5) is 11.4 Å². The Morgan fingerprint density at radius 2 is 2.14 bits per heavy atom. The summed E-state index contributed by atoms with van der Waals surface area (Å²) < 4.78 is 0.650. The molecule has 5 nitrogen and oxygen atoms in total. The van der Waals surface area contributed by atoms with E-state index in [4.69, 9.17) is 28.9 Å². The summed E-state index contributed by atoms with van der Waals surface area (Å²) >= 11 is 15.4. The van der Waals surface area contributed by atoms with Crippen LogP contribution in [0.5, 0.6) is 0 Å². The Kier molecular flexibility index (Phi) is 5.13. The second-order valence-electron chi connectivity index (χ2n) is 4.39. The fourth-order valence-corrected chi connectivity index (χ4v) is 2.63. The lowest BCUT2D eigenvalue weighted by molar-refractivity contribution is 0.102. The summed E-state index contributed by atoms with van der Waals surface area (Å²) in [5.41, 5.74) is 7.57. The Morgan fingerprint density at radius 1 is 1.43 bits per heavy atom. The number of H-pyrrole nitrogens is 1. The van der Waals surface area contributed by atoms with E-state index in [1.165, 1.54) is 0 Å². The number of nitrogens with zero attached hydrogens (tertiary/aromatic N) is 1. The van der Waals surface area contributed by atoms with Crippen molar-refractivity contribution in [2.75, 3.05) is 11.1 Å². The third-order valence-corrected chi connectivity index (χ3v) is 4.65. The van der Waals surface area contributed by atoms with E-state index in [1.807, 2.05) is 6.92 Å². The highest BCUT2D eigenvalue weighted by Crippen LogP contribution is 2.36. The Hall–Kier alpha value is -1.24. The van der Waals surface area contributed by atoms with E-state index >= 15 is 0 Å². The van der Waals surface area contributed by atoms with Crippen molar-refractivity contribution in [3.05, 3.63) is 38.0 Å². The van der Waals surface area contributed by atoms with Crippen LogP contribution in [0, 0.1) is 0 Å². The molecule has 0 saturated carbocycles. The van der Waals surface area contributed by atoms with Gasteiger partial charge >= 0.3 is 0 Å². The van der Waals surface area contributed by atoms with Gasteiger partial charge in [-0.2, -0.15) is 5.10 Å². The zero-order chi connectivity index (χ0) is 15.6. The highest BCUT2D eigenvalue weighted by molar-refractivity contribution is 9.10. The molecule has 0 spiro atoms. The van der Waals surface area contributed by atoms with Crippen LogP contribution >= 0.6 is 39.1 Å². The monoisotopic (exact) mass is 390 g/mol. The van der Waals surface area contributed by atoms with Crippen molar-refractivity contribution < 1.29 is 4.79 Å². The Bertz CT molecular complexity index is 687. The molecule has 4 N–H and O–H groups in total. The van der Waals surface area contributed by atoms with Crippen molar-refractivity contribution in [1.82, 2.24) is 10.2 Å². The van der Waals surface area contributed by atoms with E-state index in [2.05, 4.69) is 31.4 Å². The molecule has 0 aliphatic rings. The molecular weight excluding hydrogens is 379 g/mol. The first-order valence-electron chi connectivity index (χ1n) is 6.23. The molecule has 21 heavy (non-hydrogen) atoms. The molecule has 0 fully saturated rings. The number of nitrogens with two attached hydrogens (primary N) is 1. The third-order valence-electron chi connectivity index (χ3n) is 2.88. The van der Waals surface area contributed by atoms with Gasteiger partial charge in [0.1, 0.15) is 0 Å².